The van der Waals surface area contributed by atoms with Crippen LogP contribution in [0.1, 0.15) is 10.4 Å². The summed E-state index contributed by atoms with van der Waals surface area (Å²) in [7, 11) is 3.63. The summed E-state index contributed by atoms with van der Waals surface area (Å²) < 4.78 is 5.35. The van der Waals surface area contributed by atoms with E-state index in [-0.39, 0.29) is 0 Å². The van der Waals surface area contributed by atoms with Gasteiger partial charge in [-0.25, -0.2) is 0 Å². The molecule has 0 radical (unpaired) electrons. The zero-order valence-corrected chi connectivity index (χ0v) is 9.18. The third kappa shape index (κ3) is 1.82. The normalized spacial score (nSPS) is 11.8. The molecule has 2 rings (SSSR count). The molecule has 0 spiro atoms. The molecule has 2 aromatic rings. The predicted molar refractivity (Wildman–Crippen MR) is 60.9 cm³/mol. The highest BCUT2D eigenvalue weighted by atomic mass is 16.3. The van der Waals surface area contributed by atoms with Crippen molar-refractivity contribution in [3.63, 3.8) is 0 Å². The van der Waals surface area contributed by atoms with E-state index in [0.717, 1.165) is 11.7 Å². The van der Waals surface area contributed by atoms with Gasteiger partial charge >= 0.3 is 0 Å². The molecule has 0 bridgehead atoms. The molecular weight excluding hydrogens is 204 g/mol. The standard InChI is InChI=1S/C12H12N2O2/c1-14(2)13-12-9(7-15)8-16-11-6-4-3-5-10(11)12/h3-8H,1-2H3/b13-12-. The molecule has 0 atom stereocenters. The Morgan fingerprint density at radius 1 is 1.31 bits per heavy atom. The van der Waals surface area contributed by atoms with Gasteiger partial charge in [0.1, 0.15) is 17.2 Å². The van der Waals surface area contributed by atoms with Crippen LogP contribution in [0.5, 0.6) is 0 Å². The minimum Gasteiger partial charge on any atom is -0.463 e. The number of hydrogen-bond donors (Lipinski definition) is 0. The lowest BCUT2D eigenvalue weighted by atomic mass is 10.2. The lowest BCUT2D eigenvalue weighted by Crippen LogP contribution is -2.16. The van der Waals surface area contributed by atoms with Crippen LogP contribution in [-0.4, -0.2) is 25.4 Å². The molecule has 0 saturated heterocycles. The maximum Gasteiger partial charge on any atom is 0.155 e. The van der Waals surface area contributed by atoms with Gasteiger partial charge in [0.25, 0.3) is 0 Å². The van der Waals surface area contributed by atoms with E-state index >= 15 is 0 Å². The highest BCUT2D eigenvalue weighted by Crippen LogP contribution is 2.09. The van der Waals surface area contributed by atoms with Crippen LogP contribution >= 0.6 is 0 Å². The van der Waals surface area contributed by atoms with Gasteiger partial charge in [0.05, 0.1) is 5.56 Å². The van der Waals surface area contributed by atoms with Gasteiger partial charge in [-0.3, -0.25) is 4.79 Å². The molecule has 0 aliphatic rings. The largest absolute Gasteiger partial charge is 0.463 e. The second-order valence-corrected chi connectivity index (χ2v) is 3.60. The molecule has 0 N–H and O–H groups in total. The Balaban J connectivity index is 2.89. The zero-order chi connectivity index (χ0) is 11.5. The number of hydrogen-bond acceptors (Lipinski definition) is 4. The summed E-state index contributed by atoms with van der Waals surface area (Å²) in [4.78, 5) is 10.9. The summed E-state index contributed by atoms with van der Waals surface area (Å²) in [6, 6.07) is 7.50. The van der Waals surface area contributed by atoms with Crippen molar-refractivity contribution in [3.8, 4) is 0 Å². The second kappa shape index (κ2) is 4.18. The molecule has 82 valence electrons. The van der Waals surface area contributed by atoms with Gasteiger partial charge in [0.15, 0.2) is 6.29 Å². The predicted octanol–water partition coefficient (Wildman–Crippen LogP) is 1.62. The quantitative estimate of drug-likeness (QED) is 0.566. The van der Waals surface area contributed by atoms with Crippen molar-refractivity contribution in [2.45, 2.75) is 0 Å². The second-order valence-electron chi connectivity index (χ2n) is 3.60. The summed E-state index contributed by atoms with van der Waals surface area (Å²) in [6.07, 6.45) is 2.18. The maximum absolute atomic E-state index is 10.9. The van der Waals surface area contributed by atoms with Crippen molar-refractivity contribution < 1.29 is 9.21 Å². The average molecular weight is 216 g/mol. The monoisotopic (exact) mass is 216 g/mol. The molecule has 0 unspecified atom stereocenters. The van der Waals surface area contributed by atoms with E-state index in [4.69, 9.17) is 4.42 Å². The Labute approximate surface area is 92.8 Å². The summed E-state index contributed by atoms with van der Waals surface area (Å²) in [6.45, 7) is 0. The van der Waals surface area contributed by atoms with Gasteiger partial charge in [-0.1, -0.05) is 12.1 Å². The highest BCUT2D eigenvalue weighted by molar-refractivity contribution is 5.83. The lowest BCUT2D eigenvalue weighted by Gasteiger charge is -2.05. The molecule has 0 aliphatic heterocycles. The zero-order valence-electron chi connectivity index (χ0n) is 9.18. The van der Waals surface area contributed by atoms with Crippen LogP contribution in [0.3, 0.4) is 0 Å². The van der Waals surface area contributed by atoms with Gasteiger partial charge in [-0.15, -0.1) is 0 Å². The number of rotatable bonds is 2. The van der Waals surface area contributed by atoms with Crippen molar-refractivity contribution in [2.75, 3.05) is 14.1 Å². The molecule has 1 heterocycles. The van der Waals surface area contributed by atoms with Crippen molar-refractivity contribution >= 4 is 17.3 Å². The van der Waals surface area contributed by atoms with E-state index in [1.807, 2.05) is 38.4 Å². The first kappa shape index (κ1) is 10.4. The molecule has 1 aromatic heterocycles. The Morgan fingerprint density at radius 3 is 2.75 bits per heavy atom. The molecule has 0 saturated carbocycles. The fourth-order valence-electron chi connectivity index (χ4n) is 1.50. The van der Waals surface area contributed by atoms with Gasteiger partial charge in [0.2, 0.25) is 0 Å². The summed E-state index contributed by atoms with van der Waals surface area (Å²) in [5.41, 5.74) is 1.17. The average Bonchev–Trinajstić information content (AvgIpc) is 2.29. The first-order chi connectivity index (χ1) is 7.72. The van der Waals surface area contributed by atoms with E-state index in [1.54, 1.807) is 5.01 Å². The van der Waals surface area contributed by atoms with Crippen LogP contribution < -0.4 is 5.36 Å². The Hall–Kier alpha value is -2.10. The Morgan fingerprint density at radius 2 is 2.06 bits per heavy atom. The van der Waals surface area contributed by atoms with Crippen molar-refractivity contribution in [1.82, 2.24) is 5.01 Å². The van der Waals surface area contributed by atoms with E-state index in [2.05, 4.69) is 5.10 Å². The molecular formula is C12H12N2O2. The third-order valence-corrected chi connectivity index (χ3v) is 2.16. The van der Waals surface area contributed by atoms with Crippen molar-refractivity contribution in [2.24, 2.45) is 5.10 Å². The number of carbonyl (C=O) groups is 1. The van der Waals surface area contributed by atoms with Gasteiger partial charge < -0.3 is 9.43 Å². The van der Waals surface area contributed by atoms with E-state index in [9.17, 15) is 4.79 Å². The number of carbonyl (C=O) groups excluding carboxylic acids is 1. The molecule has 0 fully saturated rings. The van der Waals surface area contributed by atoms with Gasteiger partial charge in [-0.2, -0.15) is 5.10 Å². The summed E-state index contributed by atoms with van der Waals surface area (Å²) >= 11 is 0. The van der Waals surface area contributed by atoms with Crippen LogP contribution in [0, 0.1) is 0 Å². The summed E-state index contributed by atoms with van der Waals surface area (Å²) in [5.74, 6) is 0. The number of para-hydroxylation sites is 1. The fraction of sp³-hybridized carbons (Fsp3) is 0.167. The van der Waals surface area contributed by atoms with Gasteiger partial charge in [0, 0.05) is 19.5 Å². The topological polar surface area (TPSA) is 45.8 Å². The molecule has 1 aromatic carbocycles. The molecule has 0 aliphatic carbocycles. The van der Waals surface area contributed by atoms with Crippen molar-refractivity contribution in [3.05, 3.63) is 41.4 Å². The van der Waals surface area contributed by atoms with E-state index in [0.29, 0.717) is 16.5 Å². The number of nitrogens with zero attached hydrogens (tertiary/aromatic N) is 2. The van der Waals surface area contributed by atoms with Crippen LogP contribution in [0.15, 0.2) is 40.0 Å². The lowest BCUT2D eigenvalue weighted by molar-refractivity contribution is 0.112. The smallest absolute Gasteiger partial charge is 0.155 e. The van der Waals surface area contributed by atoms with Crippen LogP contribution in [0.2, 0.25) is 0 Å². The van der Waals surface area contributed by atoms with Crippen LogP contribution in [0.25, 0.3) is 11.0 Å². The fourth-order valence-corrected chi connectivity index (χ4v) is 1.50. The third-order valence-electron chi connectivity index (χ3n) is 2.16. The number of benzene rings is 1. The minimum atomic E-state index is 0.451. The molecule has 0 amide bonds. The first-order valence-electron chi connectivity index (χ1n) is 4.90. The Bertz CT molecular complexity index is 585. The molecule has 16 heavy (non-hydrogen) atoms. The maximum atomic E-state index is 10.9. The van der Waals surface area contributed by atoms with Crippen LogP contribution in [0.4, 0.5) is 0 Å². The van der Waals surface area contributed by atoms with E-state index < -0.39 is 0 Å². The molecule has 4 nitrogen and oxygen atoms in total. The van der Waals surface area contributed by atoms with Crippen molar-refractivity contribution in [1.29, 1.82) is 0 Å². The van der Waals surface area contributed by atoms with Crippen LogP contribution in [-0.2, 0) is 0 Å². The number of aldehydes is 1. The number of fused-ring (bicyclic) bond motifs is 1. The first-order valence-corrected chi connectivity index (χ1v) is 4.90. The van der Waals surface area contributed by atoms with E-state index in [1.165, 1.54) is 6.26 Å². The minimum absolute atomic E-state index is 0.451. The molecule has 4 heteroatoms. The summed E-state index contributed by atoms with van der Waals surface area (Å²) in [5, 5.41) is 7.44. The SMILES string of the molecule is CN(C)/N=c1/c(C=O)coc2ccccc12. The Kier molecular flexibility index (Phi) is 2.72. The van der Waals surface area contributed by atoms with Gasteiger partial charge in [-0.05, 0) is 12.1 Å². The highest BCUT2D eigenvalue weighted by Gasteiger charge is 2.03.